The van der Waals surface area contributed by atoms with Gasteiger partial charge in [-0.15, -0.1) is 0 Å². The lowest BCUT2D eigenvalue weighted by atomic mass is 9.80. The van der Waals surface area contributed by atoms with Gasteiger partial charge in [0.2, 0.25) is 11.8 Å². The number of benzene rings is 3. The molecule has 0 radical (unpaired) electrons. The van der Waals surface area contributed by atoms with E-state index in [0.717, 1.165) is 17.4 Å². The van der Waals surface area contributed by atoms with Gasteiger partial charge in [0.25, 0.3) is 17.7 Å². The fourth-order valence-corrected chi connectivity index (χ4v) is 8.38. The molecule has 0 aliphatic carbocycles. The number of para-hydroxylation sites is 1. The number of imide groups is 1. The number of aromatic nitrogens is 2. The minimum atomic E-state index is -0.958. The summed E-state index contributed by atoms with van der Waals surface area (Å²) in [6.07, 6.45) is 5.83. The summed E-state index contributed by atoms with van der Waals surface area (Å²) >= 11 is 0. The number of carbonyl (C=O) groups is 6. The number of fused-ring (bicyclic) bond motifs is 1. The zero-order valence-corrected chi connectivity index (χ0v) is 32.1. The van der Waals surface area contributed by atoms with Crippen LogP contribution in [0.1, 0.15) is 87.3 Å². The maximum Gasteiger partial charge on any atom is 0.278 e. The molecule has 7 rings (SSSR count). The lowest BCUT2D eigenvalue weighted by Gasteiger charge is -2.46. The van der Waals surface area contributed by atoms with E-state index in [1.165, 1.54) is 6.20 Å². The Balaban J connectivity index is 1.02. The van der Waals surface area contributed by atoms with Gasteiger partial charge < -0.3 is 31.8 Å². The van der Waals surface area contributed by atoms with Gasteiger partial charge in [0.1, 0.15) is 6.29 Å². The lowest BCUT2D eigenvalue weighted by molar-refractivity contribution is -0.138. The molecule has 1 aromatic heterocycles. The monoisotopic (exact) mass is 785 g/mol. The van der Waals surface area contributed by atoms with Gasteiger partial charge in [-0.2, -0.15) is 0 Å². The van der Waals surface area contributed by atoms with Gasteiger partial charge in [0.05, 0.1) is 17.6 Å². The van der Waals surface area contributed by atoms with Gasteiger partial charge in [0.15, 0.2) is 11.5 Å². The number of anilines is 2. The Labute approximate surface area is 336 Å². The van der Waals surface area contributed by atoms with E-state index >= 15 is 0 Å². The van der Waals surface area contributed by atoms with E-state index in [1.807, 2.05) is 18.2 Å². The molecule has 0 bridgehead atoms. The van der Waals surface area contributed by atoms with Crippen molar-refractivity contribution in [3.8, 4) is 11.3 Å². The lowest BCUT2D eigenvalue weighted by Crippen LogP contribution is -2.60. The zero-order chi connectivity index (χ0) is 40.8. The van der Waals surface area contributed by atoms with Crippen molar-refractivity contribution in [1.82, 2.24) is 30.4 Å². The van der Waals surface area contributed by atoms with Crippen molar-refractivity contribution in [2.45, 2.75) is 57.2 Å². The SMILES string of the molecule is Nc1ncc(-c2ccc(C(=O)N3CCN(C(N)(CCCCC(CC=O)C4CCC(=O)NC4=O)c4cccc5c4CNC5=O)CC3)cc2)nc1C(=O)Nc1ccccc1. The normalized spacial score (nSPS) is 18.4. The molecule has 15 heteroatoms. The molecule has 0 spiro atoms. The molecule has 3 aliphatic rings. The van der Waals surface area contributed by atoms with Crippen LogP contribution in [0, 0.1) is 11.8 Å². The van der Waals surface area contributed by atoms with Crippen molar-refractivity contribution < 1.29 is 28.8 Å². The highest BCUT2D eigenvalue weighted by Crippen LogP contribution is 2.36. The van der Waals surface area contributed by atoms with Crippen LogP contribution in [-0.2, 0) is 26.6 Å². The largest absolute Gasteiger partial charge is 0.382 e. The molecule has 3 atom stereocenters. The van der Waals surface area contributed by atoms with Gasteiger partial charge in [-0.25, -0.2) is 9.97 Å². The molecule has 5 amide bonds. The highest BCUT2D eigenvalue weighted by Gasteiger charge is 2.40. The van der Waals surface area contributed by atoms with E-state index in [0.29, 0.717) is 92.9 Å². The number of unbranched alkanes of at least 4 members (excludes halogenated alkanes) is 1. The highest BCUT2D eigenvalue weighted by atomic mass is 16.2. The van der Waals surface area contributed by atoms with E-state index in [4.69, 9.17) is 11.5 Å². The summed E-state index contributed by atoms with van der Waals surface area (Å²) in [5.41, 5.74) is 17.0. The van der Waals surface area contributed by atoms with Gasteiger partial charge in [-0.1, -0.05) is 48.9 Å². The van der Waals surface area contributed by atoms with Crippen LogP contribution in [0.3, 0.4) is 0 Å². The highest BCUT2D eigenvalue weighted by molar-refractivity contribution is 6.06. The predicted octanol–water partition coefficient (Wildman–Crippen LogP) is 3.61. The van der Waals surface area contributed by atoms with E-state index < -0.39 is 11.6 Å². The number of hydrogen-bond acceptors (Lipinski definition) is 11. The van der Waals surface area contributed by atoms with Crippen LogP contribution in [-0.4, -0.2) is 81.8 Å². The first-order chi connectivity index (χ1) is 28.0. The average Bonchev–Trinajstić information content (AvgIpc) is 3.62. The van der Waals surface area contributed by atoms with Crippen molar-refractivity contribution in [3.63, 3.8) is 0 Å². The third kappa shape index (κ3) is 8.50. The average molecular weight is 786 g/mol. The van der Waals surface area contributed by atoms with E-state index in [-0.39, 0.29) is 59.8 Å². The van der Waals surface area contributed by atoms with Crippen LogP contribution < -0.4 is 27.4 Å². The summed E-state index contributed by atoms with van der Waals surface area (Å²) in [4.78, 5) is 88.0. The Morgan fingerprint density at radius 2 is 1.72 bits per heavy atom. The number of aldehydes is 1. The topological polar surface area (TPSA) is 223 Å². The Hall–Kier alpha value is -6.32. The number of nitrogens with zero attached hydrogens (tertiary/aromatic N) is 4. The van der Waals surface area contributed by atoms with Gasteiger partial charge >= 0.3 is 0 Å². The standard InChI is InChI=1S/C43H47N9O6/c44-38-37(41(57)48-30-8-2-1-3-9-30)49-35(26-46-38)28-12-14-29(15-13-28)42(58)51-20-22-52(23-21-51)43(45,34-11-6-10-32-33(34)25-47-39(32)55)19-5-4-7-27(18-24-53)31-16-17-36(54)50-40(31)56/h1-3,6,8-15,24,26-27,31H,4-5,7,16-23,25,45H2,(H2,44,46)(H,47,55)(H,48,57)(H,50,54,56). The first-order valence-corrected chi connectivity index (χ1v) is 19.7. The summed E-state index contributed by atoms with van der Waals surface area (Å²) in [6.45, 7) is 2.20. The second kappa shape index (κ2) is 17.4. The van der Waals surface area contributed by atoms with Crippen LogP contribution in [0.4, 0.5) is 11.5 Å². The summed E-state index contributed by atoms with van der Waals surface area (Å²) in [5.74, 6) is -1.92. The molecule has 15 nitrogen and oxygen atoms in total. The van der Waals surface area contributed by atoms with Crippen LogP contribution in [0.15, 0.2) is 79.0 Å². The molecule has 3 unspecified atom stereocenters. The number of carbonyl (C=O) groups excluding carboxylic acids is 6. The molecular formula is C43H47N9O6. The van der Waals surface area contributed by atoms with Crippen molar-refractivity contribution >= 4 is 47.3 Å². The van der Waals surface area contributed by atoms with Crippen LogP contribution >= 0.6 is 0 Å². The fourth-order valence-electron chi connectivity index (χ4n) is 8.38. The minimum absolute atomic E-state index is 0.000522. The quantitative estimate of drug-likeness (QED) is 0.0706. The molecule has 4 aromatic rings. The van der Waals surface area contributed by atoms with Crippen LogP contribution in [0.25, 0.3) is 11.3 Å². The number of nitrogen functional groups attached to an aromatic ring is 1. The molecule has 2 fully saturated rings. The number of nitrogens with two attached hydrogens (primary N) is 2. The fraction of sp³-hybridized carbons (Fsp3) is 0.349. The maximum atomic E-state index is 13.8. The van der Waals surface area contributed by atoms with E-state index in [2.05, 4.69) is 30.8 Å². The Kier molecular flexibility index (Phi) is 12.0. The third-order valence-electron chi connectivity index (χ3n) is 11.6. The molecular weight excluding hydrogens is 739 g/mol. The number of nitrogens with one attached hydrogen (secondary N) is 3. The third-order valence-corrected chi connectivity index (χ3v) is 11.6. The zero-order valence-electron chi connectivity index (χ0n) is 32.1. The molecule has 300 valence electrons. The Morgan fingerprint density at radius 1 is 0.966 bits per heavy atom. The van der Waals surface area contributed by atoms with Gasteiger partial charge in [0, 0.05) is 73.9 Å². The predicted molar refractivity (Wildman–Crippen MR) is 216 cm³/mol. The summed E-state index contributed by atoms with van der Waals surface area (Å²) in [6, 6.07) is 21.6. The number of piperazine rings is 1. The molecule has 3 aromatic carbocycles. The Morgan fingerprint density at radius 3 is 2.45 bits per heavy atom. The van der Waals surface area contributed by atoms with Crippen molar-refractivity contribution in [2.75, 3.05) is 37.2 Å². The molecule has 4 heterocycles. The first kappa shape index (κ1) is 39.9. The van der Waals surface area contributed by atoms with Gasteiger partial charge in [-0.3, -0.25) is 34.2 Å². The molecule has 7 N–H and O–H groups in total. The molecule has 3 aliphatic heterocycles. The van der Waals surface area contributed by atoms with Crippen LogP contribution in [0.5, 0.6) is 0 Å². The number of piperidine rings is 1. The molecule has 2 saturated heterocycles. The van der Waals surface area contributed by atoms with Crippen molar-refractivity contribution in [2.24, 2.45) is 17.6 Å². The van der Waals surface area contributed by atoms with Gasteiger partial charge in [-0.05, 0) is 73.1 Å². The molecule has 0 saturated carbocycles. The van der Waals surface area contributed by atoms with E-state index in [1.54, 1.807) is 59.5 Å². The van der Waals surface area contributed by atoms with Crippen LogP contribution in [0.2, 0.25) is 0 Å². The minimum Gasteiger partial charge on any atom is -0.382 e. The Bertz CT molecular complexity index is 2210. The first-order valence-electron chi connectivity index (χ1n) is 19.7. The second-order valence-electron chi connectivity index (χ2n) is 15.1. The number of rotatable bonds is 14. The van der Waals surface area contributed by atoms with Crippen molar-refractivity contribution in [1.29, 1.82) is 0 Å². The van der Waals surface area contributed by atoms with E-state index in [9.17, 15) is 28.8 Å². The summed E-state index contributed by atoms with van der Waals surface area (Å²) in [5, 5.41) is 8.11. The maximum absolute atomic E-state index is 13.8. The second-order valence-corrected chi connectivity index (χ2v) is 15.1. The summed E-state index contributed by atoms with van der Waals surface area (Å²) < 4.78 is 0. The molecule has 58 heavy (non-hydrogen) atoms. The summed E-state index contributed by atoms with van der Waals surface area (Å²) in [7, 11) is 0. The smallest absolute Gasteiger partial charge is 0.278 e. The number of amides is 5. The van der Waals surface area contributed by atoms with Crippen molar-refractivity contribution in [3.05, 3.63) is 107 Å². The number of hydrogen-bond donors (Lipinski definition) is 5.